The third-order valence-corrected chi connectivity index (χ3v) is 4.51. The van der Waals surface area contributed by atoms with Crippen LogP contribution in [-0.2, 0) is 11.3 Å². The average Bonchev–Trinajstić information content (AvgIpc) is 3.03. The quantitative estimate of drug-likeness (QED) is 0.862. The first kappa shape index (κ1) is 16.6. The van der Waals surface area contributed by atoms with Crippen LogP contribution in [0.4, 0.5) is 0 Å². The molecule has 1 amide bonds. The molecule has 0 radical (unpaired) electrons. The summed E-state index contributed by atoms with van der Waals surface area (Å²) in [7, 11) is 3.63. The predicted octanol–water partition coefficient (Wildman–Crippen LogP) is 2.35. The molecule has 6 heteroatoms. The first-order valence-corrected chi connectivity index (χ1v) is 8.36. The van der Waals surface area contributed by atoms with Crippen molar-refractivity contribution in [3.63, 3.8) is 0 Å². The zero-order valence-electron chi connectivity index (χ0n) is 14.5. The number of likely N-dealkylation sites (tertiary alicyclic amines) is 1. The molecule has 0 bridgehead atoms. The monoisotopic (exact) mass is 328 g/mol. The summed E-state index contributed by atoms with van der Waals surface area (Å²) in [5, 5.41) is 4.11. The molecule has 1 aliphatic rings. The van der Waals surface area contributed by atoms with Crippen LogP contribution in [0.1, 0.15) is 24.3 Å². The first-order chi connectivity index (χ1) is 11.5. The molecule has 0 saturated carbocycles. The Morgan fingerprint density at radius 1 is 1.38 bits per heavy atom. The Kier molecular flexibility index (Phi) is 4.94. The van der Waals surface area contributed by atoms with Crippen molar-refractivity contribution in [2.24, 2.45) is 5.92 Å². The number of hydrogen-bond donors (Lipinski definition) is 0. The predicted molar refractivity (Wildman–Crippen MR) is 91.2 cm³/mol. The molecule has 1 aromatic heterocycles. The molecule has 1 fully saturated rings. The number of carbonyl (C=O) groups excluding carboxylic acids is 1. The molecule has 2 aromatic rings. The SMILES string of the molecule is Cc1ccccc1-c1noc(CN2CCCC(C(=O)N(C)C)C2)n1. The second kappa shape index (κ2) is 7.13. The molecule has 128 valence electrons. The van der Waals surface area contributed by atoms with Crippen LogP contribution in [-0.4, -0.2) is 53.0 Å². The molecule has 1 saturated heterocycles. The van der Waals surface area contributed by atoms with E-state index in [-0.39, 0.29) is 11.8 Å². The number of carbonyl (C=O) groups is 1. The Hall–Kier alpha value is -2.21. The molecule has 1 unspecified atom stereocenters. The normalized spacial score (nSPS) is 18.5. The summed E-state index contributed by atoms with van der Waals surface area (Å²) < 4.78 is 5.42. The fourth-order valence-electron chi connectivity index (χ4n) is 3.21. The lowest BCUT2D eigenvalue weighted by atomic mass is 9.97. The Morgan fingerprint density at radius 2 is 2.17 bits per heavy atom. The van der Waals surface area contributed by atoms with Gasteiger partial charge in [-0.2, -0.15) is 4.98 Å². The van der Waals surface area contributed by atoms with Gasteiger partial charge in [-0.05, 0) is 31.9 Å². The molecular formula is C18H24N4O2. The largest absolute Gasteiger partial charge is 0.349 e. The van der Waals surface area contributed by atoms with E-state index in [0.29, 0.717) is 18.3 Å². The summed E-state index contributed by atoms with van der Waals surface area (Å²) in [6.07, 6.45) is 1.97. The minimum absolute atomic E-state index is 0.0625. The summed E-state index contributed by atoms with van der Waals surface area (Å²) >= 11 is 0. The van der Waals surface area contributed by atoms with Crippen molar-refractivity contribution in [1.29, 1.82) is 0 Å². The van der Waals surface area contributed by atoms with Gasteiger partial charge in [0.1, 0.15) is 0 Å². The zero-order valence-corrected chi connectivity index (χ0v) is 14.5. The van der Waals surface area contributed by atoms with Crippen molar-refractivity contribution in [2.75, 3.05) is 27.2 Å². The van der Waals surface area contributed by atoms with Gasteiger partial charge in [-0.1, -0.05) is 29.4 Å². The number of nitrogens with zero attached hydrogens (tertiary/aromatic N) is 4. The fraction of sp³-hybridized carbons (Fsp3) is 0.500. The Morgan fingerprint density at radius 3 is 2.92 bits per heavy atom. The van der Waals surface area contributed by atoms with Gasteiger partial charge in [0.05, 0.1) is 12.5 Å². The van der Waals surface area contributed by atoms with Crippen molar-refractivity contribution in [1.82, 2.24) is 19.9 Å². The Labute approximate surface area is 142 Å². The lowest BCUT2D eigenvalue weighted by Gasteiger charge is -2.32. The Bertz CT molecular complexity index is 711. The summed E-state index contributed by atoms with van der Waals surface area (Å²) in [5.41, 5.74) is 2.12. The highest BCUT2D eigenvalue weighted by Crippen LogP contribution is 2.22. The molecule has 0 aliphatic carbocycles. The van der Waals surface area contributed by atoms with Gasteiger partial charge in [0.2, 0.25) is 17.6 Å². The number of hydrogen-bond acceptors (Lipinski definition) is 5. The molecule has 0 spiro atoms. The molecule has 1 aromatic carbocycles. The maximum absolute atomic E-state index is 12.2. The van der Waals surface area contributed by atoms with Gasteiger partial charge in [0.15, 0.2) is 0 Å². The van der Waals surface area contributed by atoms with Crippen LogP contribution in [0.25, 0.3) is 11.4 Å². The molecule has 6 nitrogen and oxygen atoms in total. The van der Waals surface area contributed by atoms with Crippen LogP contribution in [0.15, 0.2) is 28.8 Å². The third-order valence-electron chi connectivity index (χ3n) is 4.51. The molecule has 0 N–H and O–H groups in total. The van der Waals surface area contributed by atoms with Crippen molar-refractivity contribution in [3.05, 3.63) is 35.7 Å². The van der Waals surface area contributed by atoms with E-state index in [4.69, 9.17) is 4.52 Å². The minimum Gasteiger partial charge on any atom is -0.349 e. The van der Waals surface area contributed by atoms with E-state index in [1.807, 2.05) is 45.3 Å². The average molecular weight is 328 g/mol. The second-order valence-corrected chi connectivity index (χ2v) is 6.63. The summed E-state index contributed by atoms with van der Waals surface area (Å²) in [4.78, 5) is 20.6. The van der Waals surface area contributed by atoms with Crippen LogP contribution < -0.4 is 0 Å². The number of amides is 1. The van der Waals surface area contributed by atoms with Gasteiger partial charge in [-0.15, -0.1) is 0 Å². The van der Waals surface area contributed by atoms with Gasteiger partial charge < -0.3 is 9.42 Å². The van der Waals surface area contributed by atoms with E-state index in [9.17, 15) is 4.79 Å². The van der Waals surface area contributed by atoms with Crippen LogP contribution in [0.2, 0.25) is 0 Å². The van der Waals surface area contributed by atoms with E-state index in [1.54, 1.807) is 4.90 Å². The van der Waals surface area contributed by atoms with Crippen molar-refractivity contribution in [3.8, 4) is 11.4 Å². The van der Waals surface area contributed by atoms with Gasteiger partial charge >= 0.3 is 0 Å². The first-order valence-electron chi connectivity index (χ1n) is 8.36. The molecular weight excluding hydrogens is 304 g/mol. The van der Waals surface area contributed by atoms with E-state index < -0.39 is 0 Å². The second-order valence-electron chi connectivity index (χ2n) is 6.63. The van der Waals surface area contributed by atoms with E-state index in [2.05, 4.69) is 15.0 Å². The Balaban J connectivity index is 1.67. The standard InChI is InChI=1S/C18H24N4O2/c1-13-7-4-5-9-15(13)17-19-16(24-20-17)12-22-10-6-8-14(11-22)18(23)21(2)3/h4-5,7,9,14H,6,8,10-12H2,1-3H3. The van der Waals surface area contributed by atoms with Crippen molar-refractivity contribution >= 4 is 5.91 Å². The zero-order chi connectivity index (χ0) is 17.1. The number of piperidine rings is 1. The summed E-state index contributed by atoms with van der Waals surface area (Å²) in [6, 6.07) is 8.00. The van der Waals surface area contributed by atoms with E-state index in [0.717, 1.165) is 37.1 Å². The lowest BCUT2D eigenvalue weighted by Crippen LogP contribution is -2.42. The molecule has 1 atom stereocenters. The lowest BCUT2D eigenvalue weighted by molar-refractivity contribution is -0.134. The summed E-state index contributed by atoms with van der Waals surface area (Å²) in [5.74, 6) is 1.49. The van der Waals surface area contributed by atoms with Crippen LogP contribution in [0, 0.1) is 12.8 Å². The molecule has 1 aliphatic heterocycles. The maximum Gasteiger partial charge on any atom is 0.241 e. The third kappa shape index (κ3) is 3.64. The topological polar surface area (TPSA) is 62.5 Å². The number of aryl methyl sites for hydroxylation is 1. The number of aromatic nitrogens is 2. The van der Waals surface area contributed by atoms with Crippen LogP contribution in [0.5, 0.6) is 0 Å². The number of rotatable bonds is 4. The van der Waals surface area contributed by atoms with Crippen LogP contribution in [0.3, 0.4) is 0 Å². The number of benzene rings is 1. The smallest absolute Gasteiger partial charge is 0.241 e. The van der Waals surface area contributed by atoms with Crippen LogP contribution >= 0.6 is 0 Å². The van der Waals surface area contributed by atoms with Crippen molar-refractivity contribution < 1.29 is 9.32 Å². The molecule has 24 heavy (non-hydrogen) atoms. The fourth-order valence-corrected chi connectivity index (χ4v) is 3.21. The molecule has 2 heterocycles. The van der Waals surface area contributed by atoms with Crippen molar-refractivity contribution in [2.45, 2.75) is 26.3 Å². The highest BCUT2D eigenvalue weighted by atomic mass is 16.5. The van der Waals surface area contributed by atoms with E-state index >= 15 is 0 Å². The van der Waals surface area contributed by atoms with Gasteiger partial charge in [0.25, 0.3) is 0 Å². The van der Waals surface area contributed by atoms with Gasteiger partial charge in [0, 0.05) is 26.2 Å². The van der Waals surface area contributed by atoms with Gasteiger partial charge in [-0.25, -0.2) is 0 Å². The molecule has 3 rings (SSSR count). The highest BCUT2D eigenvalue weighted by Gasteiger charge is 2.27. The maximum atomic E-state index is 12.2. The van der Waals surface area contributed by atoms with E-state index in [1.165, 1.54) is 0 Å². The highest BCUT2D eigenvalue weighted by molar-refractivity contribution is 5.78. The minimum atomic E-state index is 0.0625. The van der Waals surface area contributed by atoms with Gasteiger partial charge in [-0.3, -0.25) is 9.69 Å². The summed E-state index contributed by atoms with van der Waals surface area (Å²) in [6.45, 7) is 4.34.